The molecule has 1 aliphatic heterocycles. The topological polar surface area (TPSA) is 93.9 Å². The molecule has 7 nitrogen and oxygen atoms in total. The fourth-order valence-corrected chi connectivity index (χ4v) is 3.11. The Kier molecular flexibility index (Phi) is 7.47. The van der Waals surface area contributed by atoms with Crippen molar-refractivity contribution in [1.82, 2.24) is 10.2 Å². The SMILES string of the molecule is COc1cc2c(cc1OC)CN(C(=O)CCCNC(=O)C(C)C(C)N)CC2. The smallest absolute Gasteiger partial charge is 0.224 e. The van der Waals surface area contributed by atoms with Crippen LogP contribution in [0.15, 0.2) is 12.1 Å². The predicted octanol–water partition coefficient (Wildman–Crippen LogP) is 1.47. The van der Waals surface area contributed by atoms with Gasteiger partial charge < -0.3 is 25.4 Å². The molecule has 0 spiro atoms. The highest BCUT2D eigenvalue weighted by atomic mass is 16.5. The van der Waals surface area contributed by atoms with Gasteiger partial charge in [0.2, 0.25) is 11.8 Å². The fraction of sp³-hybridized carbons (Fsp3) is 0.600. The second-order valence-corrected chi connectivity index (χ2v) is 7.08. The molecule has 0 bridgehead atoms. The average Bonchev–Trinajstić information content (AvgIpc) is 2.68. The Bertz CT molecular complexity index is 675. The van der Waals surface area contributed by atoms with E-state index in [-0.39, 0.29) is 23.8 Å². The zero-order valence-corrected chi connectivity index (χ0v) is 16.7. The maximum atomic E-state index is 12.5. The summed E-state index contributed by atoms with van der Waals surface area (Å²) in [6.45, 7) is 5.36. The van der Waals surface area contributed by atoms with Gasteiger partial charge in [0.05, 0.1) is 14.2 Å². The van der Waals surface area contributed by atoms with E-state index in [0.717, 1.165) is 12.0 Å². The van der Waals surface area contributed by atoms with E-state index in [1.807, 2.05) is 24.0 Å². The first kappa shape index (κ1) is 21.0. The largest absolute Gasteiger partial charge is 0.493 e. The van der Waals surface area contributed by atoms with Crippen LogP contribution >= 0.6 is 0 Å². The van der Waals surface area contributed by atoms with Gasteiger partial charge in [0, 0.05) is 38.0 Å². The number of carbonyl (C=O) groups excluding carboxylic acids is 2. The molecule has 7 heteroatoms. The first-order valence-corrected chi connectivity index (χ1v) is 9.42. The maximum absolute atomic E-state index is 12.5. The molecule has 0 saturated heterocycles. The lowest BCUT2D eigenvalue weighted by molar-refractivity contribution is -0.132. The number of hydrogen-bond acceptors (Lipinski definition) is 5. The Morgan fingerprint density at radius 2 is 1.81 bits per heavy atom. The first-order valence-electron chi connectivity index (χ1n) is 9.42. The number of hydrogen-bond donors (Lipinski definition) is 2. The van der Waals surface area contributed by atoms with Crippen LogP contribution in [0.4, 0.5) is 0 Å². The third-order valence-corrected chi connectivity index (χ3v) is 5.14. The van der Waals surface area contributed by atoms with Crippen LogP contribution in [-0.2, 0) is 22.6 Å². The highest BCUT2D eigenvalue weighted by molar-refractivity contribution is 5.79. The molecule has 0 aromatic heterocycles. The molecule has 1 aromatic carbocycles. The summed E-state index contributed by atoms with van der Waals surface area (Å²) in [5.41, 5.74) is 8.00. The molecular weight excluding hydrogens is 346 g/mol. The second kappa shape index (κ2) is 9.60. The molecule has 0 aliphatic carbocycles. The molecule has 2 atom stereocenters. The molecule has 3 N–H and O–H groups in total. The second-order valence-electron chi connectivity index (χ2n) is 7.08. The zero-order valence-electron chi connectivity index (χ0n) is 16.7. The summed E-state index contributed by atoms with van der Waals surface area (Å²) < 4.78 is 10.7. The number of amides is 2. The number of rotatable bonds is 8. The highest BCUT2D eigenvalue weighted by Gasteiger charge is 2.23. The number of methoxy groups -OCH3 is 2. The normalized spacial score (nSPS) is 15.5. The van der Waals surface area contributed by atoms with Crippen molar-refractivity contribution >= 4 is 11.8 Å². The van der Waals surface area contributed by atoms with Crippen LogP contribution in [0.1, 0.15) is 37.8 Å². The highest BCUT2D eigenvalue weighted by Crippen LogP contribution is 2.33. The van der Waals surface area contributed by atoms with Crippen molar-refractivity contribution in [3.05, 3.63) is 23.3 Å². The monoisotopic (exact) mass is 377 g/mol. The number of benzene rings is 1. The van der Waals surface area contributed by atoms with E-state index in [2.05, 4.69) is 5.32 Å². The van der Waals surface area contributed by atoms with Gasteiger partial charge >= 0.3 is 0 Å². The van der Waals surface area contributed by atoms with Crippen molar-refractivity contribution in [3.63, 3.8) is 0 Å². The van der Waals surface area contributed by atoms with E-state index in [4.69, 9.17) is 15.2 Å². The standard InChI is InChI=1S/C20H31N3O4/c1-13(14(2)21)20(25)22-8-5-6-19(24)23-9-7-15-10-17(26-3)18(27-4)11-16(15)12-23/h10-11,13-14H,5-9,12,21H2,1-4H3,(H,22,25). The van der Waals surface area contributed by atoms with Crippen molar-refractivity contribution < 1.29 is 19.1 Å². The number of carbonyl (C=O) groups is 2. The average molecular weight is 377 g/mol. The van der Waals surface area contributed by atoms with Crippen molar-refractivity contribution in [2.75, 3.05) is 27.3 Å². The van der Waals surface area contributed by atoms with Gasteiger partial charge in [-0.2, -0.15) is 0 Å². The summed E-state index contributed by atoms with van der Waals surface area (Å²) >= 11 is 0. The molecule has 2 rings (SSSR count). The van der Waals surface area contributed by atoms with E-state index in [1.54, 1.807) is 21.1 Å². The lowest BCUT2D eigenvalue weighted by Crippen LogP contribution is -2.39. The number of nitrogens with zero attached hydrogens (tertiary/aromatic N) is 1. The Morgan fingerprint density at radius 3 is 2.41 bits per heavy atom. The molecule has 150 valence electrons. The van der Waals surface area contributed by atoms with Gasteiger partial charge in [-0.1, -0.05) is 6.92 Å². The summed E-state index contributed by atoms with van der Waals surface area (Å²) in [7, 11) is 3.23. The third-order valence-electron chi connectivity index (χ3n) is 5.14. The number of fused-ring (bicyclic) bond motifs is 1. The number of nitrogens with one attached hydrogen (secondary N) is 1. The van der Waals surface area contributed by atoms with Gasteiger partial charge in [-0.05, 0) is 43.0 Å². The van der Waals surface area contributed by atoms with E-state index >= 15 is 0 Å². The van der Waals surface area contributed by atoms with E-state index in [0.29, 0.717) is 44.0 Å². The Labute approximate surface area is 161 Å². The first-order chi connectivity index (χ1) is 12.9. The van der Waals surface area contributed by atoms with Crippen molar-refractivity contribution in [2.45, 2.75) is 45.7 Å². The molecule has 0 radical (unpaired) electrons. The van der Waals surface area contributed by atoms with Crippen molar-refractivity contribution in [3.8, 4) is 11.5 Å². The van der Waals surface area contributed by atoms with E-state index in [1.165, 1.54) is 5.56 Å². The summed E-state index contributed by atoms with van der Waals surface area (Å²) in [5, 5.41) is 2.85. The lowest BCUT2D eigenvalue weighted by Gasteiger charge is -2.29. The van der Waals surface area contributed by atoms with Gasteiger partial charge in [-0.15, -0.1) is 0 Å². The quantitative estimate of drug-likeness (QED) is 0.669. The van der Waals surface area contributed by atoms with E-state index in [9.17, 15) is 9.59 Å². The fourth-order valence-electron chi connectivity index (χ4n) is 3.11. The predicted molar refractivity (Wildman–Crippen MR) is 104 cm³/mol. The van der Waals surface area contributed by atoms with Crippen LogP contribution in [0.25, 0.3) is 0 Å². The minimum absolute atomic E-state index is 0.0645. The molecule has 2 unspecified atom stereocenters. The van der Waals surface area contributed by atoms with Gasteiger partial charge in [0.1, 0.15) is 0 Å². The zero-order chi connectivity index (χ0) is 20.0. The minimum Gasteiger partial charge on any atom is -0.493 e. The molecule has 0 saturated carbocycles. The summed E-state index contributed by atoms with van der Waals surface area (Å²) in [6, 6.07) is 3.75. The maximum Gasteiger partial charge on any atom is 0.224 e. The molecular formula is C20H31N3O4. The Balaban J connectivity index is 1.84. The Hall–Kier alpha value is -2.28. The summed E-state index contributed by atoms with van der Waals surface area (Å²) in [4.78, 5) is 26.2. The molecule has 1 heterocycles. The number of ether oxygens (including phenoxy) is 2. The van der Waals surface area contributed by atoms with E-state index < -0.39 is 0 Å². The van der Waals surface area contributed by atoms with Crippen LogP contribution in [-0.4, -0.2) is 50.1 Å². The van der Waals surface area contributed by atoms with Gasteiger partial charge in [-0.3, -0.25) is 9.59 Å². The Morgan fingerprint density at radius 1 is 1.19 bits per heavy atom. The summed E-state index contributed by atoms with van der Waals surface area (Å²) in [6.07, 6.45) is 1.82. The molecule has 1 aromatic rings. The molecule has 1 aliphatic rings. The van der Waals surface area contributed by atoms with Crippen LogP contribution in [0, 0.1) is 5.92 Å². The van der Waals surface area contributed by atoms with Crippen LogP contribution < -0.4 is 20.5 Å². The van der Waals surface area contributed by atoms with Crippen LogP contribution in [0.5, 0.6) is 11.5 Å². The molecule has 0 fully saturated rings. The van der Waals surface area contributed by atoms with Crippen molar-refractivity contribution in [2.24, 2.45) is 11.7 Å². The third kappa shape index (κ3) is 5.35. The number of nitrogens with two attached hydrogens (primary N) is 1. The van der Waals surface area contributed by atoms with Crippen LogP contribution in [0.2, 0.25) is 0 Å². The lowest BCUT2D eigenvalue weighted by atomic mass is 9.98. The minimum atomic E-state index is -0.230. The van der Waals surface area contributed by atoms with Gasteiger partial charge in [0.25, 0.3) is 0 Å². The molecule has 27 heavy (non-hydrogen) atoms. The molecule has 2 amide bonds. The van der Waals surface area contributed by atoms with Gasteiger partial charge in [0.15, 0.2) is 11.5 Å². The van der Waals surface area contributed by atoms with Crippen LogP contribution in [0.3, 0.4) is 0 Å². The van der Waals surface area contributed by atoms with Crippen molar-refractivity contribution in [1.29, 1.82) is 0 Å². The summed E-state index contributed by atoms with van der Waals surface area (Å²) in [5.74, 6) is 1.20. The van der Waals surface area contributed by atoms with Gasteiger partial charge in [-0.25, -0.2) is 0 Å².